The van der Waals surface area contributed by atoms with E-state index in [4.69, 9.17) is 0 Å². The van der Waals surface area contributed by atoms with Crippen molar-refractivity contribution in [2.75, 3.05) is 0 Å². The molecule has 0 fully saturated rings. The van der Waals surface area contributed by atoms with Gasteiger partial charge >= 0.3 is 0 Å². The van der Waals surface area contributed by atoms with Gasteiger partial charge in [0.05, 0.1) is 0 Å². The first-order chi connectivity index (χ1) is 9.36. The summed E-state index contributed by atoms with van der Waals surface area (Å²) >= 11 is 0. The van der Waals surface area contributed by atoms with Crippen LogP contribution in [-0.2, 0) is 6.42 Å². The summed E-state index contributed by atoms with van der Waals surface area (Å²) in [4.78, 5) is 0. The third kappa shape index (κ3) is 3.35. The maximum absolute atomic E-state index is 3.60. The van der Waals surface area contributed by atoms with Crippen molar-refractivity contribution in [2.45, 2.75) is 32.6 Å². The average Bonchev–Trinajstić information content (AvgIpc) is 2.47. The Hall–Kier alpha value is -1.82. The molecule has 1 aliphatic rings. The Balaban J connectivity index is 0.000000192. The van der Waals surface area contributed by atoms with E-state index >= 15 is 0 Å². The lowest BCUT2D eigenvalue weighted by atomic mass is 9.93. The fourth-order valence-corrected chi connectivity index (χ4v) is 2.42. The maximum Gasteiger partial charge on any atom is -0.00763 e. The first kappa shape index (κ1) is 13.6. The zero-order valence-corrected chi connectivity index (χ0v) is 11.7. The molecule has 0 spiro atoms. The van der Waals surface area contributed by atoms with Gasteiger partial charge in [0, 0.05) is 0 Å². The van der Waals surface area contributed by atoms with Gasteiger partial charge in [-0.25, -0.2) is 0 Å². The monoisotopic (exact) mass is 250 g/mol. The second-order valence-corrected chi connectivity index (χ2v) is 4.90. The predicted molar refractivity (Wildman–Crippen MR) is 86.4 cm³/mol. The summed E-state index contributed by atoms with van der Waals surface area (Å²) in [6, 6.07) is 13.0. The summed E-state index contributed by atoms with van der Waals surface area (Å²) in [6.07, 6.45) is 11.2. The molecule has 0 unspecified atom stereocenters. The molecule has 0 atom stereocenters. The smallest absolute Gasteiger partial charge is 0.00763 e. The minimum absolute atomic E-state index is 1.08. The van der Waals surface area contributed by atoms with Gasteiger partial charge in [-0.3, -0.25) is 0 Å². The molecule has 0 saturated carbocycles. The number of hydrogen-bond donors (Lipinski definition) is 0. The van der Waals surface area contributed by atoms with E-state index in [1.165, 1.54) is 41.2 Å². The van der Waals surface area contributed by atoms with Gasteiger partial charge in [0.1, 0.15) is 0 Å². The van der Waals surface area contributed by atoms with Gasteiger partial charge in [0.25, 0.3) is 0 Å². The molecule has 0 aromatic heterocycles. The van der Waals surface area contributed by atoms with Crippen molar-refractivity contribution in [3.8, 4) is 0 Å². The zero-order chi connectivity index (χ0) is 13.5. The Kier molecular flexibility index (Phi) is 4.97. The highest BCUT2D eigenvalue weighted by atomic mass is 14.1. The number of unbranched alkanes of at least 4 members (excludes halogenated alkanes) is 2. The molecule has 2 aromatic rings. The number of allylic oxidation sites excluding steroid dienone is 2. The SMILES string of the molecule is C1=Cc2cccc3cccc(c23)C1.C=CCCCC. The Morgan fingerprint density at radius 3 is 2.63 bits per heavy atom. The Morgan fingerprint density at radius 1 is 1.16 bits per heavy atom. The van der Waals surface area contributed by atoms with Crippen molar-refractivity contribution < 1.29 is 0 Å². The van der Waals surface area contributed by atoms with E-state index < -0.39 is 0 Å². The highest BCUT2D eigenvalue weighted by Gasteiger charge is 2.06. The normalized spacial score (nSPS) is 11.8. The molecule has 0 amide bonds. The standard InChI is InChI=1S/C13H10.C6H12/c1-4-10-6-2-8-12-9-3-7-11(5-1)13(10)12;1-3-5-6-4-2/h1-8H,9H2;3H,1,4-6H2,2H3. The zero-order valence-electron chi connectivity index (χ0n) is 11.7. The van der Waals surface area contributed by atoms with Crippen LogP contribution in [0.1, 0.15) is 37.3 Å². The van der Waals surface area contributed by atoms with Gasteiger partial charge in [-0.15, -0.1) is 6.58 Å². The Bertz CT molecular complexity index is 570. The quantitative estimate of drug-likeness (QED) is 0.479. The molecule has 98 valence electrons. The van der Waals surface area contributed by atoms with E-state index in [9.17, 15) is 0 Å². The van der Waals surface area contributed by atoms with E-state index in [1.807, 2.05) is 6.08 Å². The van der Waals surface area contributed by atoms with Crippen LogP contribution in [0.2, 0.25) is 0 Å². The molecule has 0 heterocycles. The number of rotatable bonds is 3. The minimum atomic E-state index is 1.08. The summed E-state index contributed by atoms with van der Waals surface area (Å²) in [7, 11) is 0. The van der Waals surface area contributed by atoms with Crippen LogP contribution in [0, 0.1) is 0 Å². The molecule has 1 aliphatic carbocycles. The van der Waals surface area contributed by atoms with Gasteiger partial charge < -0.3 is 0 Å². The van der Waals surface area contributed by atoms with Gasteiger partial charge in [0.15, 0.2) is 0 Å². The van der Waals surface area contributed by atoms with Crippen molar-refractivity contribution in [3.05, 3.63) is 66.3 Å². The van der Waals surface area contributed by atoms with Crippen molar-refractivity contribution >= 4 is 16.8 Å². The topological polar surface area (TPSA) is 0 Å². The first-order valence-electron chi connectivity index (χ1n) is 7.15. The molecule has 0 radical (unpaired) electrons. The van der Waals surface area contributed by atoms with Crippen LogP contribution in [0.3, 0.4) is 0 Å². The van der Waals surface area contributed by atoms with Crippen molar-refractivity contribution in [2.24, 2.45) is 0 Å². The molecular weight excluding hydrogens is 228 g/mol. The predicted octanol–water partition coefficient (Wildman–Crippen LogP) is 5.77. The molecule has 0 heteroatoms. The van der Waals surface area contributed by atoms with E-state index in [1.54, 1.807) is 0 Å². The third-order valence-corrected chi connectivity index (χ3v) is 3.42. The average molecular weight is 250 g/mol. The molecule has 3 rings (SSSR count). The number of hydrogen-bond acceptors (Lipinski definition) is 0. The van der Waals surface area contributed by atoms with Crippen molar-refractivity contribution in [3.63, 3.8) is 0 Å². The first-order valence-corrected chi connectivity index (χ1v) is 7.15. The molecule has 0 aliphatic heterocycles. The molecule has 19 heavy (non-hydrogen) atoms. The lowest BCUT2D eigenvalue weighted by molar-refractivity contribution is 0.816. The van der Waals surface area contributed by atoms with E-state index in [0.717, 1.165) is 6.42 Å². The van der Waals surface area contributed by atoms with Crippen molar-refractivity contribution in [1.29, 1.82) is 0 Å². The second kappa shape index (κ2) is 6.94. The molecule has 2 aromatic carbocycles. The Labute approximate surface area is 116 Å². The summed E-state index contributed by atoms with van der Waals surface area (Å²) < 4.78 is 0. The summed E-state index contributed by atoms with van der Waals surface area (Å²) in [5.41, 5.74) is 2.81. The molecular formula is C19H22. The van der Waals surface area contributed by atoms with Gasteiger partial charge in [-0.1, -0.05) is 74.4 Å². The van der Waals surface area contributed by atoms with Crippen LogP contribution >= 0.6 is 0 Å². The third-order valence-electron chi connectivity index (χ3n) is 3.42. The van der Waals surface area contributed by atoms with Crippen LogP contribution < -0.4 is 0 Å². The summed E-state index contributed by atoms with van der Waals surface area (Å²) in [5.74, 6) is 0. The lowest BCUT2D eigenvalue weighted by Crippen LogP contribution is -1.91. The van der Waals surface area contributed by atoms with E-state index in [2.05, 4.69) is 62.1 Å². The van der Waals surface area contributed by atoms with E-state index in [-0.39, 0.29) is 0 Å². The fourth-order valence-electron chi connectivity index (χ4n) is 2.42. The molecule has 0 N–H and O–H groups in total. The maximum atomic E-state index is 3.60. The summed E-state index contributed by atoms with van der Waals surface area (Å²) in [6.45, 7) is 5.78. The molecule has 0 saturated heterocycles. The minimum Gasteiger partial charge on any atom is -0.103 e. The van der Waals surface area contributed by atoms with Crippen LogP contribution in [0.15, 0.2) is 55.1 Å². The van der Waals surface area contributed by atoms with Gasteiger partial charge in [-0.2, -0.15) is 0 Å². The molecule has 0 bridgehead atoms. The largest absolute Gasteiger partial charge is 0.103 e. The van der Waals surface area contributed by atoms with Crippen LogP contribution in [0.5, 0.6) is 0 Å². The highest BCUT2D eigenvalue weighted by Crippen LogP contribution is 2.27. The van der Waals surface area contributed by atoms with Gasteiger partial charge in [-0.05, 0) is 34.7 Å². The summed E-state index contributed by atoms with van der Waals surface area (Å²) in [5, 5.41) is 2.80. The highest BCUT2D eigenvalue weighted by molar-refractivity contribution is 5.94. The van der Waals surface area contributed by atoms with E-state index in [0.29, 0.717) is 0 Å². The fraction of sp³-hybridized carbons (Fsp3) is 0.263. The molecule has 0 nitrogen and oxygen atoms in total. The number of benzene rings is 2. The van der Waals surface area contributed by atoms with Crippen LogP contribution in [0.4, 0.5) is 0 Å². The van der Waals surface area contributed by atoms with Gasteiger partial charge in [0.2, 0.25) is 0 Å². The van der Waals surface area contributed by atoms with Crippen LogP contribution in [-0.4, -0.2) is 0 Å². The van der Waals surface area contributed by atoms with Crippen LogP contribution in [0.25, 0.3) is 16.8 Å². The lowest BCUT2D eigenvalue weighted by Gasteiger charge is -2.11. The second-order valence-electron chi connectivity index (χ2n) is 4.90. The Morgan fingerprint density at radius 2 is 1.95 bits per heavy atom. The van der Waals surface area contributed by atoms with Crippen molar-refractivity contribution in [1.82, 2.24) is 0 Å².